The number of halogens is 1. The molecule has 0 amide bonds. The number of H-pyrrole nitrogens is 1. The molecule has 2 rings (SSSR count). The number of aromatic amines is 1. The van der Waals surface area contributed by atoms with E-state index in [0.717, 1.165) is 6.42 Å². The van der Waals surface area contributed by atoms with Crippen molar-refractivity contribution in [2.45, 2.75) is 19.8 Å². The van der Waals surface area contributed by atoms with Crippen LogP contribution in [0.15, 0.2) is 30.5 Å². The summed E-state index contributed by atoms with van der Waals surface area (Å²) < 4.78 is 0. The summed E-state index contributed by atoms with van der Waals surface area (Å²) in [6.45, 7) is 4.73. The van der Waals surface area contributed by atoms with Gasteiger partial charge in [0.25, 0.3) is 0 Å². The minimum Gasteiger partial charge on any atom is -1.00 e. The van der Waals surface area contributed by atoms with Crippen molar-refractivity contribution >= 4 is 10.9 Å². The van der Waals surface area contributed by atoms with E-state index in [1.807, 2.05) is 0 Å². The van der Waals surface area contributed by atoms with Crippen LogP contribution in [-0.4, -0.2) is 25.1 Å². The second kappa shape index (κ2) is 7.01. The van der Waals surface area contributed by atoms with Crippen molar-refractivity contribution in [3.63, 3.8) is 0 Å². The number of para-hydroxylation sites is 1. The SMILES string of the molecule is CCC[NH+](C)CCc1c[nH]c2ccccc12.[I-]. The Morgan fingerprint density at radius 3 is 2.71 bits per heavy atom. The Kier molecular flexibility index (Phi) is 5.98. The van der Waals surface area contributed by atoms with E-state index >= 15 is 0 Å². The molecule has 0 fully saturated rings. The maximum Gasteiger partial charge on any atom is 0.0810 e. The predicted octanol–water partition coefficient (Wildman–Crippen LogP) is -1.36. The van der Waals surface area contributed by atoms with Gasteiger partial charge >= 0.3 is 0 Å². The Bertz CT molecular complexity index is 450. The van der Waals surface area contributed by atoms with Crippen LogP contribution in [-0.2, 0) is 6.42 Å². The molecule has 2 N–H and O–H groups in total. The van der Waals surface area contributed by atoms with E-state index in [2.05, 4.69) is 49.4 Å². The van der Waals surface area contributed by atoms with Crippen LogP contribution in [0, 0.1) is 0 Å². The first-order valence-corrected chi connectivity index (χ1v) is 6.17. The Hall–Kier alpha value is -0.550. The molecule has 94 valence electrons. The molecule has 1 atom stereocenters. The second-order valence-electron chi connectivity index (χ2n) is 4.57. The molecule has 17 heavy (non-hydrogen) atoms. The lowest BCUT2D eigenvalue weighted by molar-refractivity contribution is -0.879. The molecule has 0 radical (unpaired) electrons. The van der Waals surface area contributed by atoms with Gasteiger partial charge in [-0.2, -0.15) is 0 Å². The average molecular weight is 344 g/mol. The van der Waals surface area contributed by atoms with Crippen LogP contribution in [0.25, 0.3) is 10.9 Å². The Morgan fingerprint density at radius 2 is 1.94 bits per heavy atom. The van der Waals surface area contributed by atoms with Crippen molar-refractivity contribution in [2.24, 2.45) is 0 Å². The molecule has 0 saturated heterocycles. The van der Waals surface area contributed by atoms with Crippen LogP contribution < -0.4 is 28.9 Å². The van der Waals surface area contributed by atoms with E-state index < -0.39 is 0 Å². The van der Waals surface area contributed by atoms with Gasteiger partial charge in [-0.15, -0.1) is 0 Å². The van der Waals surface area contributed by atoms with Gasteiger partial charge in [0, 0.05) is 23.5 Å². The molecule has 0 aliphatic heterocycles. The van der Waals surface area contributed by atoms with Crippen molar-refractivity contribution < 1.29 is 28.9 Å². The lowest BCUT2D eigenvalue weighted by Crippen LogP contribution is -3.09. The van der Waals surface area contributed by atoms with Gasteiger partial charge in [-0.25, -0.2) is 0 Å². The zero-order valence-corrected chi connectivity index (χ0v) is 12.8. The molecule has 1 aromatic heterocycles. The molecule has 3 heteroatoms. The summed E-state index contributed by atoms with van der Waals surface area (Å²) in [6, 6.07) is 8.54. The fourth-order valence-corrected chi connectivity index (χ4v) is 2.24. The molecule has 2 aromatic rings. The third-order valence-corrected chi connectivity index (χ3v) is 3.17. The second-order valence-corrected chi connectivity index (χ2v) is 4.57. The van der Waals surface area contributed by atoms with Gasteiger partial charge in [-0.05, 0) is 18.1 Å². The monoisotopic (exact) mass is 344 g/mol. The molecule has 2 nitrogen and oxygen atoms in total. The first-order chi connectivity index (χ1) is 7.81. The van der Waals surface area contributed by atoms with Crippen molar-refractivity contribution in [3.8, 4) is 0 Å². The van der Waals surface area contributed by atoms with Gasteiger partial charge < -0.3 is 33.9 Å². The molecular formula is C14H21IN2. The average Bonchev–Trinajstić information content (AvgIpc) is 2.70. The molecule has 0 aliphatic carbocycles. The largest absolute Gasteiger partial charge is 1.00 e. The first kappa shape index (κ1) is 14.5. The number of quaternary nitrogens is 1. The molecule has 1 aromatic carbocycles. The van der Waals surface area contributed by atoms with Gasteiger partial charge in [0.1, 0.15) is 0 Å². The number of fused-ring (bicyclic) bond motifs is 1. The smallest absolute Gasteiger partial charge is 0.0810 e. The van der Waals surface area contributed by atoms with Crippen LogP contribution in [0.4, 0.5) is 0 Å². The van der Waals surface area contributed by atoms with E-state index in [1.54, 1.807) is 4.90 Å². The topological polar surface area (TPSA) is 20.2 Å². The van der Waals surface area contributed by atoms with Crippen LogP contribution in [0.2, 0.25) is 0 Å². The molecular weight excluding hydrogens is 323 g/mol. The highest BCUT2D eigenvalue weighted by Gasteiger charge is 2.05. The normalized spacial score (nSPS) is 12.4. The third-order valence-electron chi connectivity index (χ3n) is 3.17. The van der Waals surface area contributed by atoms with Crippen molar-refractivity contribution in [3.05, 3.63) is 36.0 Å². The zero-order valence-electron chi connectivity index (χ0n) is 10.6. The number of nitrogens with one attached hydrogen (secondary N) is 2. The standard InChI is InChI=1S/C14H20N2.HI/c1-3-9-16(2)10-8-12-11-15-14-7-5-4-6-13(12)14;/h4-7,11,15H,3,8-10H2,1-2H3;1H. The highest BCUT2D eigenvalue weighted by atomic mass is 127. The lowest BCUT2D eigenvalue weighted by Gasteiger charge is -2.11. The zero-order chi connectivity index (χ0) is 11.4. The molecule has 1 unspecified atom stereocenters. The van der Waals surface area contributed by atoms with Gasteiger partial charge in [0.2, 0.25) is 0 Å². The number of hydrogen-bond acceptors (Lipinski definition) is 0. The van der Waals surface area contributed by atoms with E-state index in [9.17, 15) is 0 Å². The Morgan fingerprint density at radius 1 is 1.18 bits per heavy atom. The Balaban J connectivity index is 0.00000144. The molecule has 0 saturated carbocycles. The Labute approximate surface area is 120 Å². The van der Waals surface area contributed by atoms with E-state index in [-0.39, 0.29) is 24.0 Å². The number of hydrogen-bond donors (Lipinski definition) is 2. The summed E-state index contributed by atoms with van der Waals surface area (Å²) >= 11 is 0. The number of benzene rings is 1. The maximum absolute atomic E-state index is 3.33. The summed E-state index contributed by atoms with van der Waals surface area (Å²) in [6.07, 6.45) is 4.58. The quantitative estimate of drug-likeness (QED) is 0.625. The number of aromatic nitrogens is 1. The summed E-state index contributed by atoms with van der Waals surface area (Å²) in [4.78, 5) is 4.95. The van der Waals surface area contributed by atoms with Crippen LogP contribution >= 0.6 is 0 Å². The van der Waals surface area contributed by atoms with E-state index in [4.69, 9.17) is 0 Å². The fraction of sp³-hybridized carbons (Fsp3) is 0.429. The van der Waals surface area contributed by atoms with Crippen LogP contribution in [0.1, 0.15) is 18.9 Å². The van der Waals surface area contributed by atoms with Crippen molar-refractivity contribution in [1.29, 1.82) is 0 Å². The highest BCUT2D eigenvalue weighted by Crippen LogP contribution is 2.17. The van der Waals surface area contributed by atoms with E-state index in [0.29, 0.717) is 0 Å². The van der Waals surface area contributed by atoms with Crippen LogP contribution in [0.5, 0.6) is 0 Å². The first-order valence-electron chi connectivity index (χ1n) is 6.17. The maximum atomic E-state index is 3.33. The van der Waals surface area contributed by atoms with Crippen molar-refractivity contribution in [1.82, 2.24) is 4.98 Å². The highest BCUT2D eigenvalue weighted by molar-refractivity contribution is 5.82. The van der Waals surface area contributed by atoms with Crippen LogP contribution in [0.3, 0.4) is 0 Å². The summed E-state index contributed by atoms with van der Waals surface area (Å²) in [5.74, 6) is 0. The van der Waals surface area contributed by atoms with Crippen molar-refractivity contribution in [2.75, 3.05) is 20.1 Å². The van der Waals surface area contributed by atoms with Gasteiger partial charge in [0.15, 0.2) is 0 Å². The molecule has 0 aliphatic rings. The lowest BCUT2D eigenvalue weighted by atomic mass is 10.1. The predicted molar refractivity (Wildman–Crippen MR) is 68.9 cm³/mol. The summed E-state index contributed by atoms with van der Waals surface area (Å²) in [5.41, 5.74) is 2.71. The van der Waals surface area contributed by atoms with Gasteiger partial charge in [-0.3, -0.25) is 0 Å². The van der Waals surface area contributed by atoms with Gasteiger partial charge in [0.05, 0.1) is 20.1 Å². The minimum atomic E-state index is 0. The fourth-order valence-electron chi connectivity index (χ4n) is 2.24. The minimum absolute atomic E-state index is 0. The number of rotatable bonds is 5. The van der Waals surface area contributed by atoms with Gasteiger partial charge in [-0.1, -0.05) is 25.1 Å². The van der Waals surface area contributed by atoms with E-state index in [1.165, 1.54) is 36.0 Å². The third kappa shape index (κ3) is 3.71. The molecule has 0 spiro atoms. The summed E-state index contributed by atoms with van der Waals surface area (Å²) in [5, 5.41) is 1.38. The summed E-state index contributed by atoms with van der Waals surface area (Å²) in [7, 11) is 2.28. The number of likely N-dealkylation sites (N-methyl/N-ethyl adjacent to an activating group) is 1. The molecule has 0 bridgehead atoms. The molecule has 1 heterocycles.